The van der Waals surface area contributed by atoms with Crippen LogP contribution < -0.4 is 45.0 Å². The van der Waals surface area contributed by atoms with E-state index in [0.717, 1.165) is 11.0 Å². The summed E-state index contributed by atoms with van der Waals surface area (Å²) in [5.41, 5.74) is -2.95. The van der Waals surface area contributed by atoms with Crippen molar-refractivity contribution < 1.29 is 89.3 Å². The Kier molecular flexibility index (Phi) is 29.1. The van der Waals surface area contributed by atoms with Gasteiger partial charge in [-0.05, 0) is 108 Å². The van der Waals surface area contributed by atoms with Crippen molar-refractivity contribution in [1.29, 1.82) is 0 Å². The molecular formula is C73H90N10O27P2S2. The molecule has 6 saturated heterocycles. The van der Waals surface area contributed by atoms with E-state index in [1.54, 1.807) is 65.3 Å². The minimum absolute atomic E-state index is 0.0128. The SMILES string of the molecule is C=CCOC(=O)O[C@@H]1CC(n2cc(C)c(=O)[nH]c2=O)OC1COP(=S)(OC[C@@H]1CCCN1C(=O)c1ccccc1)O[C@@H]1CC(n2cc(C)c(=O)[nH]c2=O)OC1CC.C=CCOC(=O)O[C@@H]1CC(n2cc(C)c(=O)[nH]c2=O)OC1COP(=S)(OC[C@@H]1CCCN1C(=O)c1ccccc1)O[C@@H]1CC(n2cc(C)c(=O)[nH]c2=O)OC1CO. The lowest BCUT2D eigenvalue weighted by atomic mass is 10.1. The number of aliphatic hydroxyl groups excluding tert-OH is 1. The van der Waals surface area contributed by atoms with Crippen molar-refractivity contribution in [2.24, 2.45) is 0 Å². The van der Waals surface area contributed by atoms with E-state index in [4.69, 9.17) is 88.7 Å². The number of hydrogen-bond acceptors (Lipinski definition) is 29. The van der Waals surface area contributed by atoms with Gasteiger partial charge in [-0.3, -0.25) is 67.0 Å². The summed E-state index contributed by atoms with van der Waals surface area (Å²) in [6.45, 7) is 6.69. The van der Waals surface area contributed by atoms with Gasteiger partial charge in [0.1, 0.15) is 68.6 Å². The van der Waals surface area contributed by atoms with Gasteiger partial charge in [0.05, 0.1) is 63.4 Å². The molecule has 10 unspecified atom stereocenters. The second-order valence-corrected chi connectivity index (χ2v) is 33.6. The largest absolute Gasteiger partial charge is 0.508 e. The molecule has 6 fully saturated rings. The number of aryl methyl sites for hydroxylation is 4. The minimum atomic E-state index is -3.92. The molecular weight excluding hydrogens is 1570 g/mol. The van der Waals surface area contributed by atoms with Crippen LogP contribution in [0.3, 0.4) is 0 Å². The van der Waals surface area contributed by atoms with Crippen LogP contribution in [0.25, 0.3) is 0 Å². The normalized spacial score (nSPS) is 25.6. The Hall–Kier alpha value is -9.02. The van der Waals surface area contributed by atoms with Gasteiger partial charge in [0, 0.05) is 96.9 Å². The van der Waals surface area contributed by atoms with Gasteiger partial charge in [0.15, 0.2) is 0 Å². The predicted octanol–water partition coefficient (Wildman–Crippen LogP) is 5.27. The van der Waals surface area contributed by atoms with E-state index in [1.807, 2.05) is 19.1 Å². The first-order chi connectivity index (χ1) is 54.6. The van der Waals surface area contributed by atoms with Crippen molar-refractivity contribution in [3.05, 3.63) is 227 Å². The van der Waals surface area contributed by atoms with Gasteiger partial charge in [0.2, 0.25) is 0 Å². The van der Waals surface area contributed by atoms with E-state index in [2.05, 4.69) is 33.1 Å². The Morgan fingerprint density at radius 1 is 0.482 bits per heavy atom. The number of aromatic nitrogens is 8. The lowest BCUT2D eigenvalue weighted by Crippen LogP contribution is -2.38. The maximum absolute atomic E-state index is 13.5. The molecule has 6 aliphatic rings. The molecule has 12 rings (SSSR count). The molecule has 0 aliphatic carbocycles. The highest BCUT2D eigenvalue weighted by atomic mass is 32.5. The number of ether oxygens (including phenoxy) is 8. The van der Waals surface area contributed by atoms with Gasteiger partial charge < -0.3 is 79.9 Å². The Bertz CT molecular complexity index is 4760. The fraction of sp³-hybridized carbons (Fsp3) is 0.507. The fourth-order valence-corrected chi connectivity index (χ4v) is 18.1. The number of amides is 2. The maximum atomic E-state index is 13.5. The quantitative estimate of drug-likeness (QED) is 0.0218. The molecule has 2 amide bonds. The molecule has 16 atom stereocenters. The van der Waals surface area contributed by atoms with Crippen LogP contribution in [0.4, 0.5) is 9.59 Å². The Morgan fingerprint density at radius 3 is 1.13 bits per heavy atom. The van der Waals surface area contributed by atoms with E-state index < -0.39 is 164 Å². The molecule has 0 spiro atoms. The predicted molar refractivity (Wildman–Crippen MR) is 412 cm³/mol. The average Bonchev–Trinajstić information content (AvgIpc) is 1.65. The zero-order chi connectivity index (χ0) is 81.7. The van der Waals surface area contributed by atoms with Crippen molar-refractivity contribution >= 4 is 61.2 Å². The summed E-state index contributed by atoms with van der Waals surface area (Å²) in [6, 6.07) is 16.9. The standard InChI is InChI=1S/C37H46N5O13PS.C36H44N5O14PS/c1-5-15-49-37(48)54-27-16-30(41-18-22(3)32(43)38-35(41)46)53-29(27)21-51-56(57,50-20-25-13-10-14-40(25)34(45)24-11-8-7-9-12-24)55-28-17-31(52-26(28)6-2)42-19-23(4)33(44)39-36(42)47;1-4-13-49-36(48)54-25-14-29(40-16-21(2)31(43)37-34(40)46)53-28(25)20-51-56(57,50-19-24-11-8-12-39(24)33(45)23-9-6-5-7-10-23)55-26-15-30(52-27(26)18-42)41-17-22(3)32(44)38-35(41)47/h5,7-9,11-12,18-19,25-31H,1,6,10,13-17,20-21H2,2-4H3,(H,38,43,46)(H,39,44,47);4-7,9-10,16-17,24-30,42H,1,8,11-15,18-20H2,2-3H3,(H,37,43,46)(H,38,44,47)/t25-,26?,27+,28+,29?,30?,31?,56?;24-,25+,26+,27?,28?,29?,30?,56?/m00/s1. The molecule has 0 saturated carbocycles. The van der Waals surface area contributed by atoms with Crippen LogP contribution in [0.2, 0.25) is 0 Å². The number of aromatic amines is 4. The molecule has 37 nitrogen and oxygen atoms in total. The Labute approximate surface area is 660 Å². The number of carbonyl (C=O) groups is 4. The van der Waals surface area contributed by atoms with Crippen molar-refractivity contribution in [3.8, 4) is 0 Å². The summed E-state index contributed by atoms with van der Waals surface area (Å²) >= 11 is 12.0. The average molecular weight is 1670 g/mol. The molecule has 0 radical (unpaired) electrons. The lowest BCUT2D eigenvalue weighted by Gasteiger charge is -2.31. The number of rotatable bonds is 30. The molecule has 114 heavy (non-hydrogen) atoms. The molecule has 4 aromatic heterocycles. The first-order valence-electron chi connectivity index (χ1n) is 36.8. The van der Waals surface area contributed by atoms with Gasteiger partial charge in [-0.2, -0.15) is 0 Å². The fourth-order valence-electron chi connectivity index (χ4n) is 13.8. The van der Waals surface area contributed by atoms with Gasteiger partial charge in [-0.25, -0.2) is 28.8 Å². The number of likely N-dealkylation sites (tertiary alicyclic amines) is 2. The molecule has 2 aromatic carbocycles. The van der Waals surface area contributed by atoms with Crippen molar-refractivity contribution in [3.63, 3.8) is 0 Å². The number of hydrogen-bond donors (Lipinski definition) is 5. The van der Waals surface area contributed by atoms with Crippen molar-refractivity contribution in [2.75, 3.05) is 59.3 Å². The number of carbonyl (C=O) groups excluding carboxylic acids is 4. The minimum Gasteiger partial charge on any atom is -0.430 e. The van der Waals surface area contributed by atoms with E-state index >= 15 is 0 Å². The summed E-state index contributed by atoms with van der Waals surface area (Å²) in [5, 5.41) is 10.3. The van der Waals surface area contributed by atoms with Crippen LogP contribution in [0, 0.1) is 27.7 Å². The Morgan fingerprint density at radius 2 is 0.798 bits per heavy atom. The first kappa shape index (κ1) is 85.9. The van der Waals surface area contributed by atoms with Crippen LogP contribution in [0.5, 0.6) is 0 Å². The molecule has 5 N–H and O–H groups in total. The van der Waals surface area contributed by atoms with E-state index in [-0.39, 0.29) is 93.3 Å². The van der Waals surface area contributed by atoms with E-state index in [9.17, 15) is 62.6 Å². The zero-order valence-electron chi connectivity index (χ0n) is 62.9. The smallest absolute Gasteiger partial charge is 0.430 e. The number of nitrogens with one attached hydrogen (secondary N) is 4. The lowest BCUT2D eigenvalue weighted by molar-refractivity contribution is -0.0614. The first-order valence-corrected chi connectivity index (χ1v) is 42.0. The highest BCUT2D eigenvalue weighted by molar-refractivity contribution is 8.07. The van der Waals surface area contributed by atoms with Crippen LogP contribution >= 0.6 is 13.4 Å². The molecule has 6 aromatic rings. The number of nitrogens with zero attached hydrogens (tertiary/aromatic N) is 6. The van der Waals surface area contributed by atoms with Gasteiger partial charge in [-0.15, -0.1) is 0 Å². The topological polar surface area (TPSA) is 444 Å². The number of H-pyrrole nitrogens is 4. The third-order valence-corrected chi connectivity index (χ3v) is 24.5. The highest BCUT2D eigenvalue weighted by Crippen LogP contribution is 2.56. The summed E-state index contributed by atoms with van der Waals surface area (Å²) in [7, 11) is 0. The number of aliphatic hydroxyl groups is 1. The zero-order valence-corrected chi connectivity index (χ0v) is 66.3. The third kappa shape index (κ3) is 21.2. The van der Waals surface area contributed by atoms with Crippen molar-refractivity contribution in [1.82, 2.24) is 48.0 Å². The monoisotopic (exact) mass is 1660 g/mol. The second-order valence-electron chi connectivity index (χ2n) is 27.7. The summed E-state index contributed by atoms with van der Waals surface area (Å²) in [6.07, 6.45) is -1.94. The maximum Gasteiger partial charge on any atom is 0.508 e. The second kappa shape index (κ2) is 38.6. The molecule has 10 heterocycles. The molecule has 0 bridgehead atoms. The van der Waals surface area contributed by atoms with Crippen LogP contribution in [0.15, 0.2) is 149 Å². The van der Waals surface area contributed by atoms with Crippen molar-refractivity contribution in [2.45, 2.75) is 178 Å². The molecule has 41 heteroatoms. The van der Waals surface area contributed by atoms with Gasteiger partial charge in [0.25, 0.3) is 34.1 Å². The molecule has 616 valence electrons. The van der Waals surface area contributed by atoms with Gasteiger partial charge in [-0.1, -0.05) is 68.6 Å². The third-order valence-electron chi connectivity index (χ3n) is 19.8. The number of benzene rings is 2. The van der Waals surface area contributed by atoms with Gasteiger partial charge >= 0.3 is 48.5 Å². The van der Waals surface area contributed by atoms with E-state index in [1.165, 1.54) is 71.4 Å². The van der Waals surface area contributed by atoms with Crippen LogP contribution in [0.1, 0.15) is 133 Å². The highest BCUT2D eigenvalue weighted by Gasteiger charge is 2.48. The summed E-state index contributed by atoms with van der Waals surface area (Å²) in [5.74, 6) is -0.342. The Balaban J connectivity index is 0.000000225. The van der Waals surface area contributed by atoms with Crippen LogP contribution in [-0.2, 0) is 88.7 Å². The summed E-state index contributed by atoms with van der Waals surface area (Å²) < 4.78 is 88.9. The summed E-state index contributed by atoms with van der Waals surface area (Å²) in [4.78, 5) is 164. The van der Waals surface area contributed by atoms with Crippen LogP contribution in [-0.4, -0.2) is 197 Å². The van der Waals surface area contributed by atoms with E-state index in [0.29, 0.717) is 55.5 Å². The molecule has 6 aliphatic heterocycles.